The van der Waals surface area contributed by atoms with Crippen molar-refractivity contribution in [3.63, 3.8) is 0 Å². The van der Waals surface area contributed by atoms with Crippen LogP contribution in [0.4, 0.5) is 10.1 Å². The van der Waals surface area contributed by atoms with Crippen LogP contribution in [0, 0.1) is 5.82 Å². The van der Waals surface area contributed by atoms with E-state index in [2.05, 4.69) is 15.3 Å². The van der Waals surface area contributed by atoms with Crippen LogP contribution in [0.2, 0.25) is 0 Å². The van der Waals surface area contributed by atoms with Gasteiger partial charge >= 0.3 is 0 Å². The van der Waals surface area contributed by atoms with Gasteiger partial charge in [0.15, 0.2) is 0 Å². The van der Waals surface area contributed by atoms with E-state index >= 15 is 0 Å². The summed E-state index contributed by atoms with van der Waals surface area (Å²) in [5.74, 6) is -1.36. The first kappa shape index (κ1) is 19.6. The van der Waals surface area contributed by atoms with Crippen molar-refractivity contribution in [2.75, 3.05) is 11.9 Å². The highest BCUT2D eigenvalue weighted by Crippen LogP contribution is 2.28. The fourth-order valence-corrected chi connectivity index (χ4v) is 3.78. The molecule has 7 nitrogen and oxygen atoms in total. The first-order chi connectivity index (χ1) is 15.5. The van der Waals surface area contributed by atoms with Crippen LogP contribution in [0.3, 0.4) is 0 Å². The predicted molar refractivity (Wildman–Crippen MR) is 118 cm³/mol. The molecule has 1 atom stereocenters. The number of aliphatic imine (C=N–C) groups is 1. The zero-order valence-corrected chi connectivity index (χ0v) is 17.1. The SMILES string of the molecule is CN1C(=O)C(NC(=O)c2ncc3ccccn23)N=C(c2ccccc2F)c2ccccc21. The molecule has 8 heteroatoms. The molecular weight excluding hydrogens is 409 g/mol. The third-order valence-electron chi connectivity index (χ3n) is 5.38. The molecule has 0 bridgehead atoms. The Bertz CT molecular complexity index is 1390. The van der Waals surface area contributed by atoms with Crippen LogP contribution >= 0.6 is 0 Å². The lowest BCUT2D eigenvalue weighted by Crippen LogP contribution is -2.46. The first-order valence-corrected chi connectivity index (χ1v) is 9.97. The number of para-hydroxylation sites is 1. The van der Waals surface area contributed by atoms with Gasteiger partial charge in [0.2, 0.25) is 12.0 Å². The number of pyridine rings is 1. The zero-order valence-electron chi connectivity index (χ0n) is 17.1. The van der Waals surface area contributed by atoms with E-state index in [9.17, 15) is 14.0 Å². The van der Waals surface area contributed by atoms with Crippen molar-refractivity contribution in [3.8, 4) is 0 Å². The number of rotatable bonds is 3. The number of nitrogens with zero attached hydrogens (tertiary/aromatic N) is 4. The van der Waals surface area contributed by atoms with Crippen molar-refractivity contribution in [3.05, 3.63) is 102 Å². The molecule has 0 saturated carbocycles. The van der Waals surface area contributed by atoms with Gasteiger partial charge < -0.3 is 10.2 Å². The van der Waals surface area contributed by atoms with Gasteiger partial charge in [-0.2, -0.15) is 0 Å². The second-order valence-electron chi connectivity index (χ2n) is 7.33. The molecule has 2 amide bonds. The highest BCUT2D eigenvalue weighted by Gasteiger charge is 2.32. The number of imidazole rings is 1. The molecule has 0 radical (unpaired) electrons. The second-order valence-corrected chi connectivity index (χ2v) is 7.33. The smallest absolute Gasteiger partial charge is 0.289 e. The van der Waals surface area contributed by atoms with Crippen LogP contribution in [0.15, 0.2) is 84.1 Å². The van der Waals surface area contributed by atoms with Crippen molar-refractivity contribution < 1.29 is 14.0 Å². The van der Waals surface area contributed by atoms with E-state index in [0.29, 0.717) is 11.3 Å². The summed E-state index contributed by atoms with van der Waals surface area (Å²) in [5.41, 5.74) is 2.44. The summed E-state index contributed by atoms with van der Waals surface area (Å²) in [6.45, 7) is 0. The Labute approximate surface area is 182 Å². The van der Waals surface area contributed by atoms with E-state index < -0.39 is 23.8 Å². The molecule has 0 spiro atoms. The van der Waals surface area contributed by atoms with Gasteiger partial charge in [-0.15, -0.1) is 0 Å². The standard InChI is InChI=1S/C24H18FN5O2/c1-29-19-12-5-3-10-17(19)20(16-9-2-4-11-18(16)25)27-21(24(29)32)28-23(31)22-26-14-15-8-6-7-13-30(15)22/h2-14,21H,1H3,(H,28,31). The van der Waals surface area contributed by atoms with Gasteiger partial charge in [-0.25, -0.2) is 14.4 Å². The van der Waals surface area contributed by atoms with Crippen LogP contribution in [0.1, 0.15) is 21.7 Å². The summed E-state index contributed by atoms with van der Waals surface area (Å²) < 4.78 is 16.3. The lowest BCUT2D eigenvalue weighted by Gasteiger charge is -2.20. The Morgan fingerprint density at radius 2 is 1.72 bits per heavy atom. The molecule has 0 aliphatic carbocycles. The van der Waals surface area contributed by atoms with Crippen molar-refractivity contribution in [2.45, 2.75) is 6.17 Å². The van der Waals surface area contributed by atoms with Crippen LogP contribution in [0.25, 0.3) is 5.52 Å². The van der Waals surface area contributed by atoms with Gasteiger partial charge in [-0.3, -0.25) is 14.0 Å². The number of fused-ring (bicyclic) bond motifs is 2. The van der Waals surface area contributed by atoms with Crippen molar-refractivity contribution >= 4 is 28.7 Å². The Morgan fingerprint density at radius 3 is 2.53 bits per heavy atom. The van der Waals surface area contributed by atoms with Gasteiger partial charge in [0.25, 0.3) is 11.8 Å². The highest BCUT2D eigenvalue weighted by atomic mass is 19.1. The Morgan fingerprint density at radius 1 is 1.00 bits per heavy atom. The molecule has 4 aromatic rings. The van der Waals surface area contributed by atoms with Crippen molar-refractivity contribution in [1.82, 2.24) is 14.7 Å². The molecular formula is C24H18FN5O2. The monoisotopic (exact) mass is 427 g/mol. The molecule has 2 aromatic heterocycles. The normalized spacial score (nSPS) is 15.8. The number of halogens is 1. The highest BCUT2D eigenvalue weighted by molar-refractivity contribution is 6.20. The number of aromatic nitrogens is 2. The molecule has 1 aliphatic rings. The quantitative estimate of drug-likeness (QED) is 0.546. The average molecular weight is 427 g/mol. The second kappa shape index (κ2) is 7.73. The van der Waals surface area contributed by atoms with Crippen molar-refractivity contribution in [1.29, 1.82) is 0 Å². The minimum Gasteiger partial charge on any atom is -0.320 e. The van der Waals surface area contributed by atoms with Crippen LogP contribution < -0.4 is 10.2 Å². The minimum absolute atomic E-state index is 0.125. The third kappa shape index (κ3) is 3.22. The van der Waals surface area contributed by atoms with E-state index in [1.54, 1.807) is 72.4 Å². The number of likely N-dealkylation sites (N-methyl/N-ethyl adjacent to an activating group) is 1. The van der Waals surface area contributed by atoms with Gasteiger partial charge in [0.1, 0.15) is 5.82 Å². The maximum absolute atomic E-state index is 14.7. The van der Waals surface area contributed by atoms with E-state index in [-0.39, 0.29) is 17.1 Å². The van der Waals surface area contributed by atoms with Gasteiger partial charge in [-0.05, 0) is 30.3 Å². The maximum Gasteiger partial charge on any atom is 0.289 e. The lowest BCUT2D eigenvalue weighted by atomic mass is 10.00. The summed E-state index contributed by atoms with van der Waals surface area (Å²) in [6, 6.07) is 18.8. The fraction of sp³-hybridized carbons (Fsp3) is 0.0833. The largest absolute Gasteiger partial charge is 0.320 e. The lowest BCUT2D eigenvalue weighted by molar-refractivity contribution is -0.119. The van der Waals surface area contributed by atoms with Crippen LogP contribution in [-0.4, -0.2) is 40.1 Å². The number of benzodiazepines with no additional fused rings is 1. The third-order valence-corrected chi connectivity index (χ3v) is 5.38. The molecule has 1 aliphatic heterocycles. The van der Waals surface area contributed by atoms with Gasteiger partial charge in [0.05, 0.1) is 23.1 Å². The molecule has 5 rings (SSSR count). The number of anilines is 1. The van der Waals surface area contributed by atoms with Crippen LogP contribution in [0.5, 0.6) is 0 Å². The number of amides is 2. The molecule has 3 heterocycles. The summed E-state index contributed by atoms with van der Waals surface area (Å²) >= 11 is 0. The summed E-state index contributed by atoms with van der Waals surface area (Å²) in [7, 11) is 1.60. The van der Waals surface area contributed by atoms with Crippen LogP contribution in [-0.2, 0) is 4.79 Å². The first-order valence-electron chi connectivity index (χ1n) is 9.97. The van der Waals surface area contributed by atoms with Crippen molar-refractivity contribution in [2.24, 2.45) is 4.99 Å². The maximum atomic E-state index is 14.7. The number of benzene rings is 2. The molecule has 0 fully saturated rings. The van der Waals surface area contributed by atoms with Gasteiger partial charge in [-0.1, -0.05) is 36.4 Å². The average Bonchev–Trinajstić information content (AvgIpc) is 3.22. The minimum atomic E-state index is -1.26. The fourth-order valence-electron chi connectivity index (χ4n) is 3.78. The number of nitrogens with one attached hydrogen (secondary N) is 1. The number of carbonyl (C=O) groups excluding carboxylic acids is 2. The molecule has 1 N–H and O–H groups in total. The zero-order chi connectivity index (χ0) is 22.2. The summed E-state index contributed by atoms with van der Waals surface area (Å²) in [5, 5.41) is 2.66. The van der Waals surface area contributed by atoms with E-state index in [1.165, 1.54) is 11.0 Å². The predicted octanol–water partition coefficient (Wildman–Crippen LogP) is 3.04. The number of carbonyl (C=O) groups is 2. The van der Waals surface area contributed by atoms with Gasteiger partial charge in [0, 0.05) is 24.4 Å². The molecule has 2 aromatic carbocycles. The Balaban J connectivity index is 1.60. The van der Waals surface area contributed by atoms with E-state index in [0.717, 1.165) is 5.52 Å². The van der Waals surface area contributed by atoms with E-state index in [1.807, 2.05) is 12.1 Å². The molecule has 1 unspecified atom stereocenters. The Hall–Kier alpha value is -4.33. The summed E-state index contributed by atoms with van der Waals surface area (Å²) in [6.07, 6.45) is 2.02. The number of hydrogen-bond acceptors (Lipinski definition) is 4. The summed E-state index contributed by atoms with van der Waals surface area (Å²) in [4.78, 5) is 36.4. The van der Waals surface area contributed by atoms with E-state index in [4.69, 9.17) is 0 Å². The Kier molecular flexibility index (Phi) is 4.74. The molecule has 158 valence electrons. The molecule has 0 saturated heterocycles. The molecule has 32 heavy (non-hydrogen) atoms. The number of hydrogen-bond donors (Lipinski definition) is 1. The topological polar surface area (TPSA) is 79.1 Å².